The molecule has 8 nitrogen and oxygen atoms in total. The summed E-state index contributed by atoms with van der Waals surface area (Å²) in [6, 6.07) is 11.9. The van der Waals surface area contributed by atoms with Crippen molar-refractivity contribution in [2.45, 2.75) is 6.92 Å². The summed E-state index contributed by atoms with van der Waals surface area (Å²) in [5.74, 6) is 0.749. The highest BCUT2D eigenvalue weighted by atomic mass is 16.4. The monoisotopic (exact) mass is 349 g/mol. The van der Waals surface area contributed by atoms with E-state index in [9.17, 15) is 9.90 Å². The minimum absolute atomic E-state index is 0.190. The molecule has 2 heterocycles. The van der Waals surface area contributed by atoms with Gasteiger partial charge in [0.1, 0.15) is 11.6 Å². The number of nitrogens with one attached hydrogen (secondary N) is 3. The van der Waals surface area contributed by atoms with Crippen molar-refractivity contribution in [2.75, 3.05) is 10.6 Å². The second-order valence-corrected chi connectivity index (χ2v) is 5.75. The maximum Gasteiger partial charge on any atom is 0.417 e. The molecule has 4 rings (SSSR count). The largest absolute Gasteiger partial charge is 0.508 e. The summed E-state index contributed by atoms with van der Waals surface area (Å²) in [6.07, 6.45) is 1.70. The Labute approximate surface area is 147 Å². The van der Waals surface area contributed by atoms with Gasteiger partial charge in [0.2, 0.25) is 5.95 Å². The summed E-state index contributed by atoms with van der Waals surface area (Å²) in [5.41, 5.74) is 3.48. The van der Waals surface area contributed by atoms with Crippen LogP contribution in [-0.4, -0.2) is 20.1 Å². The maximum absolute atomic E-state index is 11.3. The van der Waals surface area contributed by atoms with Crippen LogP contribution in [0.2, 0.25) is 0 Å². The van der Waals surface area contributed by atoms with E-state index >= 15 is 0 Å². The highest BCUT2D eigenvalue weighted by Gasteiger charge is 2.07. The number of oxazole rings is 1. The fraction of sp³-hybridized carbons (Fsp3) is 0.0556. The van der Waals surface area contributed by atoms with Gasteiger partial charge in [-0.3, -0.25) is 4.98 Å². The second kappa shape index (κ2) is 6.25. The molecular weight excluding hydrogens is 334 g/mol. The quantitative estimate of drug-likeness (QED) is 0.417. The van der Waals surface area contributed by atoms with E-state index in [-0.39, 0.29) is 5.75 Å². The number of H-pyrrole nitrogens is 1. The van der Waals surface area contributed by atoms with Crippen LogP contribution in [-0.2, 0) is 0 Å². The lowest BCUT2D eigenvalue weighted by molar-refractivity contribution is 0.475. The molecule has 8 heteroatoms. The topological polar surface area (TPSA) is 116 Å². The summed E-state index contributed by atoms with van der Waals surface area (Å²) in [5, 5.41) is 15.6. The van der Waals surface area contributed by atoms with Gasteiger partial charge in [0.15, 0.2) is 5.58 Å². The lowest BCUT2D eigenvalue weighted by atomic mass is 10.2. The number of nitrogens with zero attached hydrogens (tertiary/aromatic N) is 2. The molecule has 0 aliphatic rings. The van der Waals surface area contributed by atoms with Crippen LogP contribution in [0.5, 0.6) is 5.75 Å². The van der Waals surface area contributed by atoms with E-state index < -0.39 is 5.76 Å². The fourth-order valence-electron chi connectivity index (χ4n) is 2.47. The first-order valence-electron chi connectivity index (χ1n) is 7.86. The van der Waals surface area contributed by atoms with Gasteiger partial charge in [-0.25, -0.2) is 9.78 Å². The minimum atomic E-state index is -0.490. The van der Waals surface area contributed by atoms with Crippen molar-refractivity contribution in [3.8, 4) is 5.75 Å². The number of fused-ring (bicyclic) bond motifs is 1. The van der Waals surface area contributed by atoms with Crippen molar-refractivity contribution in [2.24, 2.45) is 0 Å². The summed E-state index contributed by atoms with van der Waals surface area (Å²) in [6.45, 7) is 1.89. The van der Waals surface area contributed by atoms with Crippen LogP contribution < -0.4 is 16.4 Å². The van der Waals surface area contributed by atoms with Crippen molar-refractivity contribution in [1.29, 1.82) is 0 Å². The molecule has 130 valence electrons. The Morgan fingerprint density at radius 3 is 2.65 bits per heavy atom. The summed E-state index contributed by atoms with van der Waals surface area (Å²) >= 11 is 0. The Balaban J connectivity index is 1.60. The molecule has 0 saturated heterocycles. The average Bonchev–Trinajstić information content (AvgIpc) is 2.99. The van der Waals surface area contributed by atoms with Crippen LogP contribution in [0.1, 0.15) is 5.56 Å². The Kier molecular flexibility index (Phi) is 3.77. The number of aryl methyl sites for hydroxylation is 1. The van der Waals surface area contributed by atoms with Crippen LogP contribution in [0.3, 0.4) is 0 Å². The third kappa shape index (κ3) is 3.20. The number of aromatic amines is 1. The zero-order valence-electron chi connectivity index (χ0n) is 13.8. The predicted molar refractivity (Wildman–Crippen MR) is 98.3 cm³/mol. The van der Waals surface area contributed by atoms with Crippen LogP contribution in [0, 0.1) is 6.92 Å². The van der Waals surface area contributed by atoms with Crippen LogP contribution in [0.25, 0.3) is 11.1 Å². The van der Waals surface area contributed by atoms with Gasteiger partial charge in [-0.1, -0.05) is 0 Å². The number of hydrogen-bond donors (Lipinski definition) is 4. The van der Waals surface area contributed by atoms with Crippen LogP contribution in [0.4, 0.5) is 23.1 Å². The molecule has 0 amide bonds. The van der Waals surface area contributed by atoms with Gasteiger partial charge in [0, 0.05) is 23.1 Å². The van der Waals surface area contributed by atoms with Crippen molar-refractivity contribution in [3.63, 3.8) is 0 Å². The standard InChI is InChI=1S/C18H15N5O3/c1-10-9-19-17(21-11-2-5-13(24)6-3-11)23-16(10)20-12-4-7-15-14(8-12)22-18(25)26-15/h2-9,24H,1H3,(H,22,25)(H2,19,20,21,23). The third-order valence-corrected chi connectivity index (χ3v) is 3.78. The van der Waals surface area contributed by atoms with Crippen molar-refractivity contribution >= 4 is 34.2 Å². The van der Waals surface area contributed by atoms with Gasteiger partial charge in [0.05, 0.1) is 5.52 Å². The molecule has 0 saturated carbocycles. The lowest BCUT2D eigenvalue weighted by Gasteiger charge is -2.11. The number of rotatable bonds is 4. The van der Waals surface area contributed by atoms with Crippen LogP contribution >= 0.6 is 0 Å². The van der Waals surface area contributed by atoms with Gasteiger partial charge in [-0.2, -0.15) is 4.98 Å². The molecule has 0 atom stereocenters. The molecule has 0 fully saturated rings. The van der Waals surface area contributed by atoms with Crippen LogP contribution in [0.15, 0.2) is 57.9 Å². The van der Waals surface area contributed by atoms with Crippen molar-refractivity contribution in [1.82, 2.24) is 15.0 Å². The molecule has 0 bridgehead atoms. The normalized spacial score (nSPS) is 10.8. The van der Waals surface area contributed by atoms with E-state index in [2.05, 4.69) is 25.6 Å². The average molecular weight is 349 g/mol. The maximum atomic E-state index is 11.3. The van der Waals surface area contributed by atoms with E-state index in [1.165, 1.54) is 0 Å². The molecule has 4 N–H and O–H groups in total. The molecule has 0 aliphatic heterocycles. The number of hydrogen-bond acceptors (Lipinski definition) is 7. The molecule has 2 aromatic carbocycles. The summed E-state index contributed by atoms with van der Waals surface area (Å²) in [7, 11) is 0. The first-order valence-corrected chi connectivity index (χ1v) is 7.86. The van der Waals surface area contributed by atoms with E-state index in [1.807, 2.05) is 6.92 Å². The number of anilines is 4. The Morgan fingerprint density at radius 1 is 1.08 bits per heavy atom. The Morgan fingerprint density at radius 2 is 1.85 bits per heavy atom. The van der Waals surface area contributed by atoms with E-state index in [0.29, 0.717) is 22.9 Å². The zero-order valence-corrected chi connectivity index (χ0v) is 13.8. The number of phenolic OH excluding ortho intramolecular Hbond substituents is 1. The highest BCUT2D eigenvalue weighted by Crippen LogP contribution is 2.23. The van der Waals surface area contributed by atoms with Gasteiger partial charge in [-0.15, -0.1) is 0 Å². The van der Waals surface area contributed by atoms with Gasteiger partial charge < -0.3 is 20.2 Å². The zero-order chi connectivity index (χ0) is 18.1. The molecule has 26 heavy (non-hydrogen) atoms. The Hall–Kier alpha value is -3.81. The Bertz CT molecular complexity index is 1130. The van der Waals surface area contributed by atoms with Gasteiger partial charge in [0.25, 0.3) is 0 Å². The van der Waals surface area contributed by atoms with Gasteiger partial charge in [-0.05, 0) is 49.4 Å². The second-order valence-electron chi connectivity index (χ2n) is 5.75. The number of aromatic hydroxyl groups is 1. The highest BCUT2D eigenvalue weighted by molar-refractivity contribution is 5.78. The minimum Gasteiger partial charge on any atom is -0.508 e. The summed E-state index contributed by atoms with van der Waals surface area (Å²) < 4.78 is 5.00. The molecule has 2 aromatic heterocycles. The first kappa shape index (κ1) is 15.7. The smallest absolute Gasteiger partial charge is 0.417 e. The fourth-order valence-corrected chi connectivity index (χ4v) is 2.47. The lowest BCUT2D eigenvalue weighted by Crippen LogP contribution is -2.02. The first-order chi connectivity index (χ1) is 12.6. The van der Waals surface area contributed by atoms with E-state index in [0.717, 1.165) is 16.9 Å². The number of phenols is 1. The SMILES string of the molecule is Cc1cnc(Nc2ccc(O)cc2)nc1Nc1ccc2oc(=O)[nH]c2c1. The third-order valence-electron chi connectivity index (χ3n) is 3.78. The van der Waals surface area contributed by atoms with E-state index in [1.54, 1.807) is 48.7 Å². The molecule has 0 radical (unpaired) electrons. The number of benzene rings is 2. The summed E-state index contributed by atoms with van der Waals surface area (Å²) in [4.78, 5) is 22.6. The van der Waals surface area contributed by atoms with Crippen molar-refractivity contribution in [3.05, 3.63) is 64.8 Å². The molecule has 4 aromatic rings. The van der Waals surface area contributed by atoms with Crippen molar-refractivity contribution < 1.29 is 9.52 Å². The van der Waals surface area contributed by atoms with E-state index in [4.69, 9.17) is 4.42 Å². The molecular formula is C18H15N5O3. The van der Waals surface area contributed by atoms with Gasteiger partial charge >= 0.3 is 5.76 Å². The number of aromatic nitrogens is 3. The molecule has 0 unspecified atom stereocenters. The predicted octanol–water partition coefficient (Wildman–Crippen LogP) is 3.41. The molecule has 0 spiro atoms. The molecule has 0 aliphatic carbocycles.